The molecular weight excluding hydrogens is 266 g/mol. The van der Waals surface area contributed by atoms with Crippen molar-refractivity contribution in [2.75, 3.05) is 20.2 Å². The summed E-state index contributed by atoms with van der Waals surface area (Å²) in [5, 5.41) is 10.5. The predicted molar refractivity (Wildman–Crippen MR) is 73.5 cm³/mol. The van der Waals surface area contributed by atoms with Gasteiger partial charge in [-0.2, -0.15) is 0 Å². The average molecular weight is 284 g/mol. The fourth-order valence-electron chi connectivity index (χ4n) is 2.22. The summed E-state index contributed by atoms with van der Waals surface area (Å²) >= 11 is 5.93. The number of methoxy groups -OCH3 is 1. The quantitative estimate of drug-likeness (QED) is 0.918. The van der Waals surface area contributed by atoms with Gasteiger partial charge >= 0.3 is 0 Å². The molecule has 1 N–H and O–H groups in total. The molecule has 1 aliphatic rings. The molecule has 1 aliphatic heterocycles. The fourth-order valence-corrected chi connectivity index (χ4v) is 2.42. The number of hydrogen-bond acceptors (Lipinski definition) is 3. The van der Waals surface area contributed by atoms with Crippen molar-refractivity contribution >= 4 is 17.5 Å². The zero-order valence-electron chi connectivity index (χ0n) is 11.1. The first-order valence-electron chi connectivity index (χ1n) is 6.30. The van der Waals surface area contributed by atoms with E-state index in [-0.39, 0.29) is 12.3 Å². The van der Waals surface area contributed by atoms with Crippen molar-refractivity contribution in [3.05, 3.63) is 28.8 Å². The number of carbonyl (C=O) groups excluding carboxylic acids is 1. The van der Waals surface area contributed by atoms with Crippen molar-refractivity contribution in [2.45, 2.75) is 25.4 Å². The second kappa shape index (κ2) is 5.39. The van der Waals surface area contributed by atoms with Gasteiger partial charge in [0.25, 0.3) is 0 Å². The molecule has 0 unspecified atom stereocenters. The molecule has 0 radical (unpaired) electrons. The molecule has 0 aromatic heterocycles. The minimum absolute atomic E-state index is 0.0151. The number of rotatable bonds is 4. The van der Waals surface area contributed by atoms with Gasteiger partial charge in [0, 0.05) is 10.6 Å². The number of halogens is 1. The molecule has 19 heavy (non-hydrogen) atoms. The number of carbonyl (C=O) groups is 1. The Morgan fingerprint density at radius 1 is 1.53 bits per heavy atom. The van der Waals surface area contributed by atoms with Gasteiger partial charge < -0.3 is 14.7 Å². The molecule has 1 aromatic rings. The van der Waals surface area contributed by atoms with Crippen molar-refractivity contribution in [1.29, 1.82) is 0 Å². The summed E-state index contributed by atoms with van der Waals surface area (Å²) in [5.41, 5.74) is 0.0700. The van der Waals surface area contributed by atoms with Gasteiger partial charge in [-0.3, -0.25) is 4.79 Å². The van der Waals surface area contributed by atoms with Crippen LogP contribution in [0.4, 0.5) is 0 Å². The van der Waals surface area contributed by atoms with Crippen molar-refractivity contribution < 1.29 is 14.6 Å². The van der Waals surface area contributed by atoms with Crippen LogP contribution in [0.5, 0.6) is 5.75 Å². The first-order valence-corrected chi connectivity index (χ1v) is 6.68. The molecule has 1 fully saturated rings. The summed E-state index contributed by atoms with van der Waals surface area (Å²) in [4.78, 5) is 13.8. The van der Waals surface area contributed by atoms with E-state index >= 15 is 0 Å². The first kappa shape index (κ1) is 14.2. The van der Waals surface area contributed by atoms with Crippen molar-refractivity contribution in [2.24, 2.45) is 0 Å². The number of β-amino-alcohol motifs (C(OH)–C–C–N with tert-alkyl or cyclic N) is 1. The van der Waals surface area contributed by atoms with Gasteiger partial charge in [0.05, 0.1) is 32.2 Å². The Morgan fingerprint density at radius 2 is 2.21 bits per heavy atom. The molecule has 5 heteroatoms. The van der Waals surface area contributed by atoms with E-state index < -0.39 is 5.60 Å². The van der Waals surface area contributed by atoms with Crippen LogP contribution in [0.25, 0.3) is 0 Å². The topological polar surface area (TPSA) is 49.8 Å². The maximum atomic E-state index is 12.1. The number of aliphatic hydroxyl groups is 1. The molecule has 2 rings (SSSR count). The lowest BCUT2D eigenvalue weighted by Crippen LogP contribution is -2.63. The van der Waals surface area contributed by atoms with Crippen LogP contribution >= 0.6 is 11.6 Å². The standard InChI is InChI=1S/C14H18ClNO3/c1-3-14(18)8-16(9-14)13(17)7-10-6-11(15)4-5-12(10)19-2/h4-6,18H,3,7-9H2,1-2H3. The number of likely N-dealkylation sites (tertiary alicyclic amines) is 1. The van der Waals surface area contributed by atoms with Crippen LogP contribution in [-0.2, 0) is 11.2 Å². The molecule has 1 saturated heterocycles. The van der Waals surface area contributed by atoms with E-state index in [2.05, 4.69) is 0 Å². The molecule has 1 heterocycles. The average Bonchev–Trinajstić information content (AvgIpc) is 2.35. The number of nitrogens with zero attached hydrogens (tertiary/aromatic N) is 1. The van der Waals surface area contributed by atoms with Crippen LogP contribution in [-0.4, -0.2) is 41.7 Å². The van der Waals surface area contributed by atoms with E-state index in [9.17, 15) is 9.90 Å². The second-order valence-corrected chi connectivity index (χ2v) is 5.40. The summed E-state index contributed by atoms with van der Waals surface area (Å²) in [7, 11) is 1.57. The van der Waals surface area contributed by atoms with Crippen molar-refractivity contribution in [1.82, 2.24) is 4.90 Å². The SMILES string of the molecule is CCC1(O)CN(C(=O)Cc2cc(Cl)ccc2OC)C1. The number of benzene rings is 1. The van der Waals surface area contributed by atoms with Crippen LogP contribution in [0.3, 0.4) is 0 Å². The predicted octanol–water partition coefficient (Wildman–Crippen LogP) is 1.87. The summed E-state index contributed by atoms with van der Waals surface area (Å²) < 4.78 is 5.22. The molecule has 0 saturated carbocycles. The third kappa shape index (κ3) is 3.01. The Labute approximate surface area is 117 Å². The summed E-state index contributed by atoms with van der Waals surface area (Å²) in [6, 6.07) is 5.22. The molecule has 1 amide bonds. The van der Waals surface area contributed by atoms with E-state index in [1.165, 1.54) is 0 Å². The van der Waals surface area contributed by atoms with Gasteiger partial charge in [0.15, 0.2) is 0 Å². The monoisotopic (exact) mass is 283 g/mol. The van der Waals surface area contributed by atoms with Crippen LogP contribution in [0, 0.1) is 0 Å². The smallest absolute Gasteiger partial charge is 0.227 e. The molecule has 0 spiro atoms. The molecule has 104 valence electrons. The Bertz CT molecular complexity index is 484. The zero-order valence-corrected chi connectivity index (χ0v) is 11.9. The number of ether oxygens (including phenoxy) is 1. The Balaban J connectivity index is 2.02. The van der Waals surface area contributed by atoms with Gasteiger partial charge in [0.2, 0.25) is 5.91 Å². The number of hydrogen-bond donors (Lipinski definition) is 1. The minimum atomic E-state index is -0.700. The molecule has 0 aliphatic carbocycles. The maximum absolute atomic E-state index is 12.1. The van der Waals surface area contributed by atoms with Gasteiger partial charge in [0.1, 0.15) is 5.75 Å². The zero-order chi connectivity index (χ0) is 14.0. The summed E-state index contributed by atoms with van der Waals surface area (Å²) in [5.74, 6) is 0.641. The van der Waals surface area contributed by atoms with Gasteiger partial charge in [-0.25, -0.2) is 0 Å². The summed E-state index contributed by atoms with van der Waals surface area (Å²) in [6.07, 6.45) is 0.904. The normalized spacial score (nSPS) is 16.9. The molecule has 4 nitrogen and oxygen atoms in total. The highest BCUT2D eigenvalue weighted by Crippen LogP contribution is 2.27. The number of amides is 1. The molecular formula is C14H18ClNO3. The van der Waals surface area contributed by atoms with E-state index in [1.54, 1.807) is 30.2 Å². The van der Waals surface area contributed by atoms with E-state index in [1.807, 2.05) is 6.92 Å². The minimum Gasteiger partial charge on any atom is -0.496 e. The lowest BCUT2D eigenvalue weighted by molar-refractivity contribution is -0.155. The van der Waals surface area contributed by atoms with Crippen LogP contribution in [0.1, 0.15) is 18.9 Å². The van der Waals surface area contributed by atoms with Crippen LogP contribution in [0.2, 0.25) is 5.02 Å². The maximum Gasteiger partial charge on any atom is 0.227 e. The molecule has 1 aromatic carbocycles. The van der Waals surface area contributed by atoms with Gasteiger partial charge in [-0.1, -0.05) is 18.5 Å². The van der Waals surface area contributed by atoms with Gasteiger partial charge in [-0.05, 0) is 24.6 Å². The lowest BCUT2D eigenvalue weighted by Gasteiger charge is -2.46. The third-order valence-corrected chi connectivity index (χ3v) is 3.80. The highest BCUT2D eigenvalue weighted by molar-refractivity contribution is 6.30. The molecule has 0 atom stereocenters. The van der Waals surface area contributed by atoms with Crippen molar-refractivity contribution in [3.63, 3.8) is 0 Å². The lowest BCUT2D eigenvalue weighted by atomic mass is 9.91. The highest BCUT2D eigenvalue weighted by atomic mass is 35.5. The Morgan fingerprint density at radius 3 is 2.79 bits per heavy atom. The van der Waals surface area contributed by atoms with Crippen LogP contribution < -0.4 is 4.74 Å². The largest absolute Gasteiger partial charge is 0.496 e. The van der Waals surface area contributed by atoms with Crippen LogP contribution in [0.15, 0.2) is 18.2 Å². The molecule has 0 bridgehead atoms. The van der Waals surface area contributed by atoms with Crippen molar-refractivity contribution in [3.8, 4) is 5.75 Å². The first-order chi connectivity index (χ1) is 8.97. The van der Waals surface area contributed by atoms with E-state index in [0.717, 1.165) is 5.56 Å². The van der Waals surface area contributed by atoms with E-state index in [0.29, 0.717) is 30.3 Å². The highest BCUT2D eigenvalue weighted by Gasteiger charge is 2.41. The Hall–Kier alpha value is -1.26. The summed E-state index contributed by atoms with van der Waals surface area (Å²) in [6.45, 7) is 2.73. The third-order valence-electron chi connectivity index (χ3n) is 3.57. The second-order valence-electron chi connectivity index (χ2n) is 4.96. The fraction of sp³-hybridized carbons (Fsp3) is 0.500. The van der Waals surface area contributed by atoms with Gasteiger partial charge in [-0.15, -0.1) is 0 Å². The van der Waals surface area contributed by atoms with E-state index in [4.69, 9.17) is 16.3 Å². The Kier molecular flexibility index (Phi) is 4.02.